The lowest BCUT2D eigenvalue weighted by Crippen LogP contribution is -2.09. The minimum Gasteiger partial charge on any atom is -0.357 e. The van der Waals surface area contributed by atoms with Crippen molar-refractivity contribution in [1.29, 1.82) is 0 Å². The summed E-state index contributed by atoms with van der Waals surface area (Å²) in [4.78, 5) is 12.9. The van der Waals surface area contributed by atoms with Gasteiger partial charge in [0, 0.05) is 25.1 Å². The topological polar surface area (TPSA) is 80.5 Å². The van der Waals surface area contributed by atoms with Gasteiger partial charge in [0.25, 0.3) is 5.95 Å². The van der Waals surface area contributed by atoms with E-state index in [4.69, 9.17) is 0 Å². The monoisotopic (exact) mass is 267 g/mol. The quantitative estimate of drug-likeness (QED) is 0.750. The van der Waals surface area contributed by atoms with Crippen LogP contribution in [0.4, 0.5) is 17.6 Å². The average molecular weight is 267 g/mol. The molecular formula is C13H13N7. The lowest BCUT2D eigenvalue weighted by atomic mass is 10.3. The van der Waals surface area contributed by atoms with Crippen molar-refractivity contribution in [2.45, 2.75) is 0 Å². The van der Waals surface area contributed by atoms with E-state index in [9.17, 15) is 0 Å². The number of hydrogen-bond donors (Lipinski definition) is 2. The maximum atomic E-state index is 4.35. The van der Waals surface area contributed by atoms with Crippen LogP contribution in [-0.2, 0) is 0 Å². The Morgan fingerprint density at radius 2 is 1.75 bits per heavy atom. The van der Waals surface area contributed by atoms with Crippen LogP contribution in [0.1, 0.15) is 0 Å². The van der Waals surface area contributed by atoms with Crippen molar-refractivity contribution < 1.29 is 0 Å². The first-order valence-electron chi connectivity index (χ1n) is 6.11. The molecule has 0 radical (unpaired) electrons. The zero-order chi connectivity index (χ0) is 13.8. The molecule has 2 heterocycles. The second-order valence-corrected chi connectivity index (χ2v) is 3.97. The number of nitrogens with zero attached hydrogens (tertiary/aromatic N) is 5. The second kappa shape index (κ2) is 5.35. The molecule has 1 aromatic carbocycles. The molecule has 0 spiro atoms. The summed E-state index contributed by atoms with van der Waals surface area (Å²) in [6, 6.07) is 11.5. The molecule has 7 nitrogen and oxygen atoms in total. The Bertz CT molecular complexity index is 679. The van der Waals surface area contributed by atoms with Gasteiger partial charge in [-0.3, -0.25) is 0 Å². The third kappa shape index (κ3) is 2.56. The molecule has 0 unspecified atom stereocenters. The van der Waals surface area contributed by atoms with Gasteiger partial charge >= 0.3 is 0 Å². The van der Waals surface area contributed by atoms with Crippen LogP contribution in [-0.4, -0.2) is 31.8 Å². The van der Waals surface area contributed by atoms with Crippen molar-refractivity contribution in [3.05, 3.63) is 48.8 Å². The summed E-state index contributed by atoms with van der Waals surface area (Å²) in [6.07, 6.45) is 3.45. The molecule has 0 saturated carbocycles. The first-order chi connectivity index (χ1) is 9.85. The number of hydrogen-bond acceptors (Lipinski definition) is 6. The maximum Gasteiger partial charge on any atom is 0.257 e. The van der Waals surface area contributed by atoms with Gasteiger partial charge in [0.1, 0.15) is 0 Å². The zero-order valence-electron chi connectivity index (χ0n) is 10.9. The summed E-state index contributed by atoms with van der Waals surface area (Å²) in [6.45, 7) is 0. The van der Waals surface area contributed by atoms with E-state index in [0.29, 0.717) is 17.8 Å². The van der Waals surface area contributed by atoms with Gasteiger partial charge in [-0.1, -0.05) is 18.2 Å². The predicted molar refractivity (Wildman–Crippen MR) is 76.2 cm³/mol. The summed E-state index contributed by atoms with van der Waals surface area (Å²) in [5.41, 5.74) is 0.909. The van der Waals surface area contributed by atoms with E-state index in [1.54, 1.807) is 24.1 Å². The third-order valence-corrected chi connectivity index (χ3v) is 2.59. The number of rotatable bonds is 4. The van der Waals surface area contributed by atoms with Gasteiger partial charge in [-0.15, -0.1) is 0 Å². The van der Waals surface area contributed by atoms with Crippen LogP contribution >= 0.6 is 0 Å². The molecule has 0 amide bonds. The summed E-state index contributed by atoms with van der Waals surface area (Å²) < 4.78 is 1.58. The van der Waals surface area contributed by atoms with Gasteiger partial charge in [-0.05, 0) is 18.2 Å². The largest absolute Gasteiger partial charge is 0.357 e. The van der Waals surface area contributed by atoms with Gasteiger partial charge in [0.05, 0.1) is 0 Å². The number of benzene rings is 1. The molecule has 0 aliphatic carbocycles. The molecule has 0 aliphatic rings. The van der Waals surface area contributed by atoms with E-state index in [0.717, 1.165) is 5.69 Å². The highest BCUT2D eigenvalue weighted by Gasteiger charge is 2.07. The molecule has 3 rings (SSSR count). The minimum absolute atomic E-state index is 0.452. The van der Waals surface area contributed by atoms with Crippen LogP contribution in [0, 0.1) is 0 Å². The van der Waals surface area contributed by atoms with E-state index in [1.807, 2.05) is 36.4 Å². The number of aromatic nitrogens is 5. The number of para-hydroxylation sites is 1. The van der Waals surface area contributed by atoms with Crippen LogP contribution in [0.5, 0.6) is 0 Å². The van der Waals surface area contributed by atoms with E-state index in [1.165, 1.54) is 0 Å². The van der Waals surface area contributed by atoms with Crippen molar-refractivity contribution in [3.8, 4) is 5.95 Å². The Morgan fingerprint density at radius 1 is 0.950 bits per heavy atom. The molecule has 0 atom stereocenters. The molecule has 2 N–H and O–H groups in total. The Labute approximate surface area is 115 Å². The van der Waals surface area contributed by atoms with Crippen LogP contribution < -0.4 is 10.6 Å². The highest BCUT2D eigenvalue weighted by molar-refractivity contribution is 5.54. The molecular weight excluding hydrogens is 254 g/mol. The van der Waals surface area contributed by atoms with E-state index >= 15 is 0 Å². The maximum absolute atomic E-state index is 4.35. The predicted octanol–water partition coefficient (Wildman–Crippen LogP) is 1.84. The molecule has 0 fully saturated rings. The van der Waals surface area contributed by atoms with Gasteiger partial charge in [-0.2, -0.15) is 20.1 Å². The molecule has 100 valence electrons. The van der Waals surface area contributed by atoms with Crippen molar-refractivity contribution in [2.24, 2.45) is 0 Å². The van der Waals surface area contributed by atoms with Crippen LogP contribution in [0.2, 0.25) is 0 Å². The first-order valence-corrected chi connectivity index (χ1v) is 6.11. The summed E-state index contributed by atoms with van der Waals surface area (Å²) in [5.74, 6) is 1.39. The van der Waals surface area contributed by atoms with E-state index < -0.39 is 0 Å². The lowest BCUT2D eigenvalue weighted by molar-refractivity contribution is 0.800. The van der Waals surface area contributed by atoms with Crippen molar-refractivity contribution in [3.63, 3.8) is 0 Å². The second-order valence-electron chi connectivity index (χ2n) is 3.97. The highest BCUT2D eigenvalue weighted by atomic mass is 15.4. The van der Waals surface area contributed by atoms with Crippen molar-refractivity contribution in [1.82, 2.24) is 24.7 Å². The summed E-state index contributed by atoms with van der Waals surface area (Å²) in [7, 11) is 1.76. The van der Waals surface area contributed by atoms with Crippen molar-refractivity contribution >= 4 is 17.6 Å². The molecule has 7 heteroatoms. The van der Waals surface area contributed by atoms with Gasteiger partial charge < -0.3 is 10.6 Å². The standard InChI is InChI=1S/C13H13N7/c1-14-11-17-12(16-10-6-3-2-4-7-10)19-13(18-11)20-9-5-8-15-20/h2-9H,1H3,(H2,14,16,17,18,19). The zero-order valence-corrected chi connectivity index (χ0v) is 10.9. The lowest BCUT2D eigenvalue weighted by Gasteiger charge is -2.08. The van der Waals surface area contributed by atoms with Crippen LogP contribution in [0.15, 0.2) is 48.8 Å². The molecule has 0 aliphatic heterocycles. The Kier molecular flexibility index (Phi) is 3.24. The normalized spacial score (nSPS) is 10.2. The van der Waals surface area contributed by atoms with Crippen molar-refractivity contribution in [2.75, 3.05) is 17.7 Å². The SMILES string of the molecule is CNc1nc(Nc2ccccc2)nc(-n2cccn2)n1. The average Bonchev–Trinajstić information content (AvgIpc) is 3.02. The van der Waals surface area contributed by atoms with Crippen LogP contribution in [0.25, 0.3) is 5.95 Å². The van der Waals surface area contributed by atoms with Gasteiger partial charge in [0.2, 0.25) is 11.9 Å². The Hall–Kier alpha value is -2.96. The fourth-order valence-corrected chi connectivity index (χ4v) is 1.67. The van der Waals surface area contributed by atoms with E-state index in [-0.39, 0.29) is 0 Å². The molecule has 0 bridgehead atoms. The Morgan fingerprint density at radius 3 is 2.45 bits per heavy atom. The fraction of sp³-hybridized carbons (Fsp3) is 0.0769. The Balaban J connectivity index is 1.96. The minimum atomic E-state index is 0.452. The molecule has 2 aromatic heterocycles. The third-order valence-electron chi connectivity index (χ3n) is 2.59. The first kappa shape index (κ1) is 12.1. The van der Waals surface area contributed by atoms with Gasteiger partial charge in [0.15, 0.2) is 0 Å². The molecule has 20 heavy (non-hydrogen) atoms. The van der Waals surface area contributed by atoms with Gasteiger partial charge in [-0.25, -0.2) is 4.68 Å². The number of anilines is 3. The van der Waals surface area contributed by atoms with Crippen LogP contribution in [0.3, 0.4) is 0 Å². The highest BCUT2D eigenvalue weighted by Crippen LogP contribution is 2.14. The summed E-state index contributed by atoms with van der Waals surface area (Å²) >= 11 is 0. The number of nitrogens with one attached hydrogen (secondary N) is 2. The summed E-state index contributed by atoms with van der Waals surface area (Å²) in [5, 5.41) is 10.2. The smallest absolute Gasteiger partial charge is 0.257 e. The van der Waals surface area contributed by atoms with E-state index in [2.05, 4.69) is 30.7 Å². The molecule has 3 aromatic rings. The molecule has 0 saturated heterocycles. The fourth-order valence-electron chi connectivity index (χ4n) is 1.67.